The van der Waals surface area contributed by atoms with Gasteiger partial charge in [-0.2, -0.15) is 0 Å². The number of ether oxygens (including phenoxy) is 1. The number of thioether (sulfide) groups is 1. The maximum atomic E-state index is 12.9. The molecule has 0 aliphatic rings. The van der Waals surface area contributed by atoms with E-state index in [2.05, 4.69) is 10.2 Å². The second-order valence-corrected chi connectivity index (χ2v) is 6.90. The van der Waals surface area contributed by atoms with Crippen LogP contribution >= 0.6 is 35.0 Å². The highest BCUT2D eigenvalue weighted by atomic mass is 35.5. The van der Waals surface area contributed by atoms with E-state index in [4.69, 9.17) is 32.4 Å². The average molecular weight is 399 g/mol. The van der Waals surface area contributed by atoms with Crippen molar-refractivity contribution >= 4 is 35.0 Å². The molecule has 0 aliphatic carbocycles. The topological polar surface area (TPSA) is 48.2 Å². The fraction of sp³-hybridized carbons (Fsp3) is 0.176. The Morgan fingerprint density at radius 1 is 1.12 bits per heavy atom. The molecule has 0 saturated carbocycles. The average Bonchev–Trinajstić information content (AvgIpc) is 3.07. The van der Waals surface area contributed by atoms with Crippen molar-refractivity contribution in [3.05, 3.63) is 69.8 Å². The van der Waals surface area contributed by atoms with Gasteiger partial charge in [-0.1, -0.05) is 41.0 Å². The second-order valence-electron chi connectivity index (χ2n) is 5.16. The Morgan fingerprint density at radius 2 is 1.88 bits per heavy atom. The first-order valence-electron chi connectivity index (χ1n) is 7.33. The van der Waals surface area contributed by atoms with Crippen molar-refractivity contribution in [1.82, 2.24) is 10.2 Å². The Balaban J connectivity index is 1.59. The van der Waals surface area contributed by atoms with Crippen LogP contribution in [-0.4, -0.2) is 10.2 Å². The number of benzene rings is 2. The molecule has 1 unspecified atom stereocenters. The van der Waals surface area contributed by atoms with E-state index in [9.17, 15) is 4.39 Å². The molecule has 1 atom stereocenters. The summed E-state index contributed by atoms with van der Waals surface area (Å²) in [5.74, 6) is 1.17. The fourth-order valence-corrected chi connectivity index (χ4v) is 3.02. The van der Waals surface area contributed by atoms with Gasteiger partial charge in [0.1, 0.15) is 11.6 Å². The van der Waals surface area contributed by atoms with E-state index in [1.54, 1.807) is 31.2 Å². The van der Waals surface area contributed by atoms with Crippen molar-refractivity contribution in [2.75, 3.05) is 0 Å². The van der Waals surface area contributed by atoms with Crippen LogP contribution in [0.4, 0.5) is 4.39 Å². The molecule has 0 aliphatic heterocycles. The number of aromatic nitrogens is 2. The van der Waals surface area contributed by atoms with Gasteiger partial charge in [0.05, 0.1) is 10.0 Å². The SMILES string of the molecule is CC(Oc1ccc(F)cc1)c1nnc(SCc2ccc(Cl)c(Cl)c2)o1. The smallest absolute Gasteiger partial charge is 0.277 e. The summed E-state index contributed by atoms with van der Waals surface area (Å²) in [4.78, 5) is 0. The number of hydrogen-bond acceptors (Lipinski definition) is 5. The summed E-state index contributed by atoms with van der Waals surface area (Å²) in [5, 5.41) is 9.43. The maximum Gasteiger partial charge on any atom is 0.277 e. The van der Waals surface area contributed by atoms with Crippen molar-refractivity contribution in [2.24, 2.45) is 0 Å². The lowest BCUT2D eigenvalue weighted by Crippen LogP contribution is -2.03. The Hall–Kier alpha value is -1.76. The third-order valence-corrected chi connectivity index (χ3v) is 4.87. The van der Waals surface area contributed by atoms with Crippen molar-refractivity contribution in [1.29, 1.82) is 0 Å². The van der Waals surface area contributed by atoms with Crippen LogP contribution in [0, 0.1) is 5.82 Å². The minimum Gasteiger partial charge on any atom is -0.481 e. The molecule has 0 spiro atoms. The highest BCUT2D eigenvalue weighted by Gasteiger charge is 2.16. The van der Waals surface area contributed by atoms with Crippen molar-refractivity contribution in [3.8, 4) is 5.75 Å². The Morgan fingerprint density at radius 3 is 2.60 bits per heavy atom. The lowest BCUT2D eigenvalue weighted by Gasteiger charge is -2.10. The van der Waals surface area contributed by atoms with Gasteiger partial charge in [-0.05, 0) is 48.9 Å². The van der Waals surface area contributed by atoms with E-state index >= 15 is 0 Å². The zero-order valence-electron chi connectivity index (χ0n) is 13.1. The van der Waals surface area contributed by atoms with Crippen molar-refractivity contribution in [3.63, 3.8) is 0 Å². The molecule has 0 saturated heterocycles. The van der Waals surface area contributed by atoms with Crippen molar-refractivity contribution < 1.29 is 13.5 Å². The summed E-state index contributed by atoms with van der Waals surface area (Å²) in [5.41, 5.74) is 0.995. The number of halogens is 3. The molecule has 25 heavy (non-hydrogen) atoms. The molecule has 2 aromatic carbocycles. The van der Waals surface area contributed by atoms with Crippen LogP contribution in [0.2, 0.25) is 10.0 Å². The molecule has 1 heterocycles. The highest BCUT2D eigenvalue weighted by molar-refractivity contribution is 7.98. The number of hydrogen-bond donors (Lipinski definition) is 0. The first-order chi connectivity index (χ1) is 12.0. The molecule has 3 rings (SSSR count). The number of rotatable bonds is 6. The van der Waals surface area contributed by atoms with E-state index in [0.29, 0.717) is 32.7 Å². The molecule has 4 nitrogen and oxygen atoms in total. The first-order valence-corrected chi connectivity index (χ1v) is 9.08. The van der Waals surface area contributed by atoms with Crippen LogP contribution in [0.1, 0.15) is 24.5 Å². The van der Waals surface area contributed by atoms with E-state index in [1.807, 2.05) is 6.07 Å². The maximum absolute atomic E-state index is 12.9. The summed E-state index contributed by atoms with van der Waals surface area (Å²) < 4.78 is 24.2. The summed E-state index contributed by atoms with van der Waals surface area (Å²) in [6.07, 6.45) is -0.447. The molecular formula is C17H13Cl2FN2O2S. The van der Waals surface area contributed by atoms with Gasteiger partial charge in [-0.15, -0.1) is 10.2 Å². The molecule has 8 heteroatoms. The standard InChI is InChI=1S/C17H13Cl2FN2O2S/c1-10(23-13-5-3-12(20)4-6-13)16-21-22-17(24-16)25-9-11-2-7-14(18)15(19)8-11/h2-8,10H,9H2,1H3. The van der Waals surface area contributed by atoms with E-state index in [-0.39, 0.29) is 5.82 Å². The Bertz CT molecular complexity index is 858. The Labute approximate surface area is 158 Å². The predicted molar refractivity (Wildman–Crippen MR) is 95.8 cm³/mol. The summed E-state index contributed by atoms with van der Waals surface area (Å²) in [7, 11) is 0. The third-order valence-electron chi connectivity index (χ3n) is 3.24. The van der Waals surface area contributed by atoms with E-state index in [1.165, 1.54) is 23.9 Å². The van der Waals surface area contributed by atoms with Gasteiger partial charge in [0.15, 0.2) is 6.10 Å². The van der Waals surface area contributed by atoms with Gasteiger partial charge in [0, 0.05) is 5.75 Å². The summed E-state index contributed by atoms with van der Waals surface area (Å²) in [6, 6.07) is 11.2. The normalized spacial score (nSPS) is 12.2. The molecule has 1 aromatic heterocycles. The minimum atomic E-state index is -0.447. The molecule has 0 radical (unpaired) electrons. The molecule has 130 valence electrons. The largest absolute Gasteiger partial charge is 0.481 e. The molecule has 0 bridgehead atoms. The van der Waals surface area contributed by atoms with Gasteiger partial charge in [-0.3, -0.25) is 0 Å². The van der Waals surface area contributed by atoms with Crippen LogP contribution in [0.3, 0.4) is 0 Å². The van der Waals surface area contributed by atoms with Gasteiger partial charge in [0.25, 0.3) is 11.1 Å². The molecule has 3 aromatic rings. The Kier molecular flexibility index (Phi) is 5.83. The summed E-state index contributed by atoms with van der Waals surface area (Å²) >= 11 is 13.3. The molecule has 0 N–H and O–H groups in total. The van der Waals surface area contributed by atoms with Crippen LogP contribution in [0.25, 0.3) is 0 Å². The monoisotopic (exact) mass is 398 g/mol. The highest BCUT2D eigenvalue weighted by Crippen LogP contribution is 2.28. The van der Waals surface area contributed by atoms with E-state index < -0.39 is 6.10 Å². The zero-order valence-corrected chi connectivity index (χ0v) is 15.4. The van der Waals surface area contributed by atoms with Crippen LogP contribution in [0.15, 0.2) is 52.1 Å². The molecular weight excluding hydrogens is 386 g/mol. The lowest BCUT2D eigenvalue weighted by molar-refractivity contribution is 0.181. The number of nitrogens with zero attached hydrogens (tertiary/aromatic N) is 2. The van der Waals surface area contributed by atoms with Crippen LogP contribution < -0.4 is 4.74 Å². The van der Waals surface area contributed by atoms with Crippen LogP contribution in [-0.2, 0) is 5.75 Å². The molecule has 0 amide bonds. The van der Waals surface area contributed by atoms with Gasteiger partial charge in [-0.25, -0.2) is 4.39 Å². The van der Waals surface area contributed by atoms with Crippen molar-refractivity contribution in [2.45, 2.75) is 24.0 Å². The van der Waals surface area contributed by atoms with Crippen LogP contribution in [0.5, 0.6) is 5.75 Å². The summed E-state index contributed by atoms with van der Waals surface area (Å²) in [6.45, 7) is 1.78. The predicted octanol–water partition coefficient (Wildman–Crippen LogP) is 5.95. The fourth-order valence-electron chi connectivity index (χ4n) is 1.99. The molecule has 0 fully saturated rings. The second kappa shape index (κ2) is 8.08. The first kappa shape index (κ1) is 18.0. The van der Waals surface area contributed by atoms with Gasteiger partial charge >= 0.3 is 0 Å². The lowest BCUT2D eigenvalue weighted by atomic mass is 10.2. The quantitative estimate of drug-likeness (QED) is 0.480. The minimum absolute atomic E-state index is 0.321. The van der Waals surface area contributed by atoms with Gasteiger partial charge in [0.2, 0.25) is 0 Å². The van der Waals surface area contributed by atoms with Gasteiger partial charge < -0.3 is 9.15 Å². The zero-order chi connectivity index (χ0) is 17.8. The van der Waals surface area contributed by atoms with E-state index in [0.717, 1.165) is 5.56 Å². The third kappa shape index (κ3) is 4.87.